The lowest BCUT2D eigenvalue weighted by Gasteiger charge is -2.20. The van der Waals surface area contributed by atoms with Gasteiger partial charge in [0.2, 0.25) is 0 Å². The van der Waals surface area contributed by atoms with Crippen LogP contribution >= 0.6 is 8.25 Å². The number of nitrogens with two attached hydrogens (primary N) is 1. The zero-order valence-corrected chi connectivity index (χ0v) is 7.18. The maximum absolute atomic E-state index is 8.70. The second kappa shape index (κ2) is 7.51. The van der Waals surface area contributed by atoms with Gasteiger partial charge in [0.15, 0.2) is 0 Å². The van der Waals surface area contributed by atoms with Crippen LogP contribution in [0.25, 0.3) is 0 Å². The van der Waals surface area contributed by atoms with Crippen LogP contribution in [0.4, 0.5) is 0 Å². The van der Waals surface area contributed by atoms with Crippen molar-refractivity contribution >= 4 is 8.25 Å². The summed E-state index contributed by atoms with van der Waals surface area (Å²) in [5.41, 5.74) is 3.94. The lowest BCUT2D eigenvalue weighted by molar-refractivity contribution is 0.0697. The topological polar surface area (TPSA) is 144 Å². The summed E-state index contributed by atoms with van der Waals surface area (Å²) in [7, 11) is -2.87. The zero-order chi connectivity index (χ0) is 10.2. The van der Waals surface area contributed by atoms with Crippen LogP contribution in [0.5, 0.6) is 0 Å². The Kier molecular flexibility index (Phi) is 9.00. The van der Waals surface area contributed by atoms with E-state index in [0.717, 1.165) is 0 Å². The Balaban J connectivity index is 0. The van der Waals surface area contributed by atoms with Gasteiger partial charge < -0.3 is 21.1 Å². The van der Waals surface area contributed by atoms with Crippen molar-refractivity contribution in [3.05, 3.63) is 0 Å². The number of rotatable bonds is 3. The molecule has 7 nitrogen and oxygen atoms in total. The lowest BCUT2D eigenvalue weighted by atomic mass is 10.1. The molecule has 0 aliphatic carbocycles. The van der Waals surface area contributed by atoms with E-state index < -0.39 is 33.6 Å². The molecule has 74 valence electrons. The van der Waals surface area contributed by atoms with Gasteiger partial charge in [-0.25, -0.2) is 0 Å². The molecular weight excluding hydrogens is 189 g/mol. The van der Waals surface area contributed by atoms with Crippen molar-refractivity contribution in [2.45, 2.75) is 5.54 Å². The Hall–Kier alpha value is -0.140. The summed E-state index contributed by atoms with van der Waals surface area (Å²) >= 11 is 0. The molecule has 8 heteroatoms. The minimum absolute atomic E-state index is 0.403. The van der Waals surface area contributed by atoms with Crippen LogP contribution in [-0.2, 0) is 4.57 Å². The maximum Gasteiger partial charge on any atom is 0.692 e. The number of hydrogen-bond donors (Lipinski definition) is 6. The monoisotopic (exact) mass is 202 g/mol. The molecule has 0 radical (unpaired) electrons. The molecule has 0 aliphatic rings. The molecule has 0 amide bonds. The van der Waals surface area contributed by atoms with Crippen LogP contribution in [0.15, 0.2) is 0 Å². The van der Waals surface area contributed by atoms with Gasteiger partial charge in [0.05, 0.1) is 25.4 Å². The first-order chi connectivity index (χ1) is 5.41. The van der Waals surface area contributed by atoms with E-state index in [2.05, 4.69) is 0 Å². The van der Waals surface area contributed by atoms with E-state index in [1.54, 1.807) is 0 Å². The van der Waals surface area contributed by atoms with Crippen molar-refractivity contribution in [2.24, 2.45) is 5.73 Å². The van der Waals surface area contributed by atoms with Gasteiger partial charge in [0.1, 0.15) is 0 Å². The number of aliphatic hydroxyl groups is 3. The van der Waals surface area contributed by atoms with E-state index in [-0.39, 0.29) is 0 Å². The smallest absolute Gasteiger partial charge is 0.394 e. The summed E-state index contributed by atoms with van der Waals surface area (Å²) in [6, 6.07) is 0. The predicted octanol–water partition coefficient (Wildman–Crippen LogP) is -2.71. The first-order valence-corrected chi connectivity index (χ1v) is 4.05. The highest BCUT2D eigenvalue weighted by Crippen LogP contribution is 1.98. The van der Waals surface area contributed by atoms with Crippen molar-refractivity contribution in [3.63, 3.8) is 0 Å². The highest BCUT2D eigenvalue weighted by Gasteiger charge is 2.20. The molecule has 0 bridgehead atoms. The SMILES string of the molecule is NC(CO)(CO)CO.O=[P+](O)O. The van der Waals surface area contributed by atoms with E-state index >= 15 is 0 Å². The van der Waals surface area contributed by atoms with Gasteiger partial charge in [-0.15, -0.1) is 9.79 Å². The van der Waals surface area contributed by atoms with Crippen molar-refractivity contribution in [3.8, 4) is 0 Å². The molecule has 0 aliphatic heterocycles. The van der Waals surface area contributed by atoms with E-state index in [1.165, 1.54) is 0 Å². The first kappa shape index (κ1) is 14.4. The summed E-state index contributed by atoms with van der Waals surface area (Å²) in [6.45, 7) is -1.21. The lowest BCUT2D eigenvalue weighted by Crippen LogP contribution is -2.50. The van der Waals surface area contributed by atoms with Crippen LogP contribution in [0.1, 0.15) is 0 Å². The predicted molar refractivity (Wildman–Crippen MR) is 40.2 cm³/mol. The summed E-state index contributed by atoms with van der Waals surface area (Å²) < 4.78 is 8.70. The molecule has 0 saturated carbocycles. The largest absolute Gasteiger partial charge is 0.692 e. The third-order valence-corrected chi connectivity index (χ3v) is 0.945. The molecule has 7 N–H and O–H groups in total. The molecule has 0 unspecified atom stereocenters. The maximum atomic E-state index is 8.70. The number of aliphatic hydroxyl groups excluding tert-OH is 3. The van der Waals surface area contributed by atoms with Crippen LogP contribution in [-0.4, -0.2) is 50.5 Å². The Bertz CT molecular complexity index is 114. The number of hydrogen-bond acceptors (Lipinski definition) is 5. The second-order valence-electron chi connectivity index (χ2n) is 2.09. The highest BCUT2D eigenvalue weighted by atomic mass is 31.1. The van der Waals surface area contributed by atoms with Gasteiger partial charge in [-0.3, -0.25) is 0 Å². The second-order valence-corrected chi connectivity index (χ2v) is 2.59. The third-order valence-electron chi connectivity index (χ3n) is 0.945. The quantitative estimate of drug-likeness (QED) is 0.273. The molecule has 0 fully saturated rings. The van der Waals surface area contributed by atoms with E-state index in [1.807, 2.05) is 0 Å². The van der Waals surface area contributed by atoms with Gasteiger partial charge in [-0.05, 0) is 0 Å². The van der Waals surface area contributed by atoms with Crippen molar-refractivity contribution in [1.29, 1.82) is 0 Å². The summed E-state index contributed by atoms with van der Waals surface area (Å²) in [4.78, 5) is 14.2. The first-order valence-electron chi connectivity index (χ1n) is 2.88. The molecule has 0 aromatic carbocycles. The Morgan fingerprint density at radius 3 is 1.25 bits per heavy atom. The summed E-state index contributed by atoms with van der Waals surface area (Å²) in [6.07, 6.45) is 0. The van der Waals surface area contributed by atoms with Gasteiger partial charge in [0, 0.05) is 4.57 Å². The molecule has 12 heavy (non-hydrogen) atoms. The highest BCUT2D eigenvalue weighted by molar-refractivity contribution is 7.30. The third kappa shape index (κ3) is 9.86. The molecule has 0 rings (SSSR count). The normalized spacial score (nSPS) is 10.2. The fraction of sp³-hybridized carbons (Fsp3) is 1.00. The molecule has 0 aromatic heterocycles. The van der Waals surface area contributed by atoms with Crippen LogP contribution < -0.4 is 5.73 Å². The van der Waals surface area contributed by atoms with Crippen LogP contribution in [0.3, 0.4) is 0 Å². The van der Waals surface area contributed by atoms with Crippen molar-refractivity contribution in [2.75, 3.05) is 19.8 Å². The minimum atomic E-state index is -2.87. The Labute approximate surface area is 70.0 Å². The molecule has 0 spiro atoms. The van der Waals surface area contributed by atoms with Crippen LogP contribution in [0.2, 0.25) is 0 Å². The Morgan fingerprint density at radius 1 is 1.08 bits per heavy atom. The fourth-order valence-electron chi connectivity index (χ4n) is 0.150. The molecule has 0 heterocycles. The van der Waals surface area contributed by atoms with Gasteiger partial charge in [-0.1, -0.05) is 0 Å². The van der Waals surface area contributed by atoms with Gasteiger partial charge >= 0.3 is 8.25 Å². The summed E-state index contributed by atoms with van der Waals surface area (Å²) in [5, 5.41) is 25.0. The minimum Gasteiger partial charge on any atom is -0.394 e. The van der Waals surface area contributed by atoms with Gasteiger partial charge in [-0.2, -0.15) is 0 Å². The van der Waals surface area contributed by atoms with Crippen molar-refractivity contribution in [1.82, 2.24) is 0 Å². The molecular formula is C4H13NO6P+. The molecule has 0 aromatic rings. The van der Waals surface area contributed by atoms with Crippen molar-refractivity contribution < 1.29 is 29.7 Å². The van der Waals surface area contributed by atoms with E-state index in [0.29, 0.717) is 0 Å². The van der Waals surface area contributed by atoms with Crippen LogP contribution in [0, 0.1) is 0 Å². The van der Waals surface area contributed by atoms with Gasteiger partial charge in [0.25, 0.3) is 0 Å². The average molecular weight is 202 g/mol. The van der Waals surface area contributed by atoms with E-state index in [4.69, 9.17) is 35.4 Å². The van der Waals surface area contributed by atoms with E-state index in [9.17, 15) is 0 Å². The zero-order valence-electron chi connectivity index (χ0n) is 6.29. The molecule has 0 atom stereocenters. The fourth-order valence-corrected chi connectivity index (χ4v) is 0.150. The summed E-state index contributed by atoms with van der Waals surface area (Å²) in [5.74, 6) is 0. The molecule has 0 saturated heterocycles. The Morgan fingerprint density at radius 2 is 1.25 bits per heavy atom. The standard InChI is InChI=1S/C4H11NO3.HO3P/c5-4(1-6,2-7)3-8;1-4(2)3/h6-8H,1-3,5H2;(H-,1,2,3)/p+1. The average Bonchev–Trinajstić information content (AvgIpc) is 2.02.